The number of amides is 1. The van der Waals surface area contributed by atoms with Gasteiger partial charge < -0.3 is 25.4 Å². The van der Waals surface area contributed by atoms with E-state index in [0.29, 0.717) is 42.7 Å². The molecule has 28 heavy (non-hydrogen) atoms. The van der Waals surface area contributed by atoms with Crippen molar-refractivity contribution in [2.24, 2.45) is 4.99 Å². The van der Waals surface area contributed by atoms with E-state index in [0.717, 1.165) is 10.2 Å². The molecule has 1 amide bonds. The molecule has 150 valence electrons. The molecule has 0 atom stereocenters. The highest BCUT2D eigenvalue weighted by atomic mass is 79.9. The molecule has 0 aliphatic heterocycles. The van der Waals surface area contributed by atoms with Gasteiger partial charge in [0.05, 0.1) is 13.7 Å². The van der Waals surface area contributed by atoms with Crippen molar-refractivity contribution in [2.75, 3.05) is 39.2 Å². The predicted molar refractivity (Wildman–Crippen MR) is 116 cm³/mol. The van der Waals surface area contributed by atoms with E-state index in [-0.39, 0.29) is 5.91 Å². The maximum absolute atomic E-state index is 12.1. The van der Waals surface area contributed by atoms with Gasteiger partial charge in [0, 0.05) is 41.9 Å². The number of rotatable bonds is 8. The van der Waals surface area contributed by atoms with Crippen molar-refractivity contribution in [3.8, 4) is 11.5 Å². The lowest BCUT2D eigenvalue weighted by molar-refractivity contribution is 0.0954. The van der Waals surface area contributed by atoms with Crippen LogP contribution in [0.3, 0.4) is 0 Å². The molecule has 2 rings (SSSR count). The lowest BCUT2D eigenvalue weighted by Gasteiger charge is -2.15. The molecule has 0 unspecified atom stereocenters. The van der Waals surface area contributed by atoms with Gasteiger partial charge in [-0.3, -0.25) is 9.79 Å². The fraction of sp³-hybridized carbons (Fsp3) is 0.300. The molecular formula is C20H25BrN4O3. The smallest absolute Gasteiger partial charge is 0.251 e. The highest BCUT2D eigenvalue weighted by molar-refractivity contribution is 9.10. The molecule has 0 aromatic heterocycles. The Bertz CT molecular complexity index is 827. The van der Waals surface area contributed by atoms with Crippen LogP contribution in [0.15, 0.2) is 51.9 Å². The summed E-state index contributed by atoms with van der Waals surface area (Å²) in [6.45, 7) is 3.47. The number of hydrogen-bond donors (Lipinski definition) is 3. The molecule has 0 saturated heterocycles. The number of anilines is 1. The van der Waals surface area contributed by atoms with E-state index in [9.17, 15) is 4.79 Å². The van der Waals surface area contributed by atoms with Gasteiger partial charge in [-0.15, -0.1) is 0 Å². The van der Waals surface area contributed by atoms with E-state index >= 15 is 0 Å². The summed E-state index contributed by atoms with van der Waals surface area (Å²) >= 11 is 3.36. The van der Waals surface area contributed by atoms with Crippen LogP contribution in [-0.2, 0) is 0 Å². The molecule has 2 aromatic rings. The first-order chi connectivity index (χ1) is 13.6. The SMILES string of the molecule is CCOc1ccc(NC(=NC)NCCNC(=O)c2cccc(Br)c2)cc1OC. The molecule has 8 heteroatoms. The summed E-state index contributed by atoms with van der Waals surface area (Å²) in [5.74, 6) is 1.79. The Morgan fingerprint density at radius 2 is 1.89 bits per heavy atom. The van der Waals surface area contributed by atoms with Crippen molar-refractivity contribution in [3.05, 3.63) is 52.5 Å². The Morgan fingerprint density at radius 3 is 2.57 bits per heavy atom. The summed E-state index contributed by atoms with van der Waals surface area (Å²) in [7, 11) is 3.28. The molecule has 0 heterocycles. The molecule has 0 bridgehead atoms. The molecule has 0 aliphatic carbocycles. The van der Waals surface area contributed by atoms with Crippen LogP contribution in [-0.4, -0.2) is 45.7 Å². The van der Waals surface area contributed by atoms with E-state index in [4.69, 9.17) is 9.47 Å². The molecule has 0 spiro atoms. The van der Waals surface area contributed by atoms with E-state index in [1.807, 2.05) is 37.3 Å². The maximum atomic E-state index is 12.1. The lowest BCUT2D eigenvalue weighted by atomic mass is 10.2. The van der Waals surface area contributed by atoms with Gasteiger partial charge in [-0.1, -0.05) is 22.0 Å². The zero-order chi connectivity index (χ0) is 20.4. The normalized spacial score (nSPS) is 10.9. The van der Waals surface area contributed by atoms with Gasteiger partial charge in [0.15, 0.2) is 17.5 Å². The molecule has 3 N–H and O–H groups in total. The number of carbonyl (C=O) groups is 1. The molecule has 7 nitrogen and oxygen atoms in total. The van der Waals surface area contributed by atoms with Crippen molar-refractivity contribution in [1.29, 1.82) is 0 Å². The minimum absolute atomic E-state index is 0.123. The summed E-state index contributed by atoms with van der Waals surface area (Å²) in [6.07, 6.45) is 0. The van der Waals surface area contributed by atoms with Gasteiger partial charge in [-0.25, -0.2) is 0 Å². The van der Waals surface area contributed by atoms with E-state index in [1.165, 1.54) is 0 Å². The minimum atomic E-state index is -0.123. The Kier molecular flexibility index (Phi) is 8.61. The summed E-state index contributed by atoms with van der Waals surface area (Å²) in [5.41, 5.74) is 1.42. The average molecular weight is 449 g/mol. The Hall–Kier alpha value is -2.74. The Labute approximate surface area is 173 Å². The molecule has 0 fully saturated rings. The van der Waals surface area contributed by atoms with Crippen molar-refractivity contribution >= 4 is 33.5 Å². The number of nitrogens with one attached hydrogen (secondary N) is 3. The molecule has 0 aliphatic rings. The average Bonchev–Trinajstić information content (AvgIpc) is 2.71. The fourth-order valence-electron chi connectivity index (χ4n) is 2.42. The number of benzene rings is 2. The number of ether oxygens (including phenoxy) is 2. The van der Waals surface area contributed by atoms with Gasteiger partial charge in [0.2, 0.25) is 0 Å². The molecular weight excluding hydrogens is 424 g/mol. The van der Waals surface area contributed by atoms with Crippen LogP contribution in [0.2, 0.25) is 0 Å². The van der Waals surface area contributed by atoms with Crippen molar-refractivity contribution in [1.82, 2.24) is 10.6 Å². The number of nitrogens with zero attached hydrogens (tertiary/aromatic N) is 1. The number of halogens is 1. The second-order valence-electron chi connectivity index (χ2n) is 5.69. The monoisotopic (exact) mass is 448 g/mol. The highest BCUT2D eigenvalue weighted by Gasteiger charge is 2.08. The van der Waals surface area contributed by atoms with Crippen LogP contribution < -0.4 is 25.4 Å². The number of carbonyl (C=O) groups excluding carboxylic acids is 1. The fourth-order valence-corrected chi connectivity index (χ4v) is 2.82. The third-order valence-corrected chi connectivity index (χ3v) is 4.23. The third kappa shape index (κ3) is 6.45. The van der Waals surface area contributed by atoms with Crippen molar-refractivity contribution in [3.63, 3.8) is 0 Å². The summed E-state index contributed by atoms with van der Waals surface area (Å²) < 4.78 is 11.7. The van der Waals surface area contributed by atoms with Crippen LogP contribution in [0.4, 0.5) is 5.69 Å². The number of guanidine groups is 1. The largest absolute Gasteiger partial charge is 0.493 e. The van der Waals surface area contributed by atoms with Crippen LogP contribution in [0.5, 0.6) is 11.5 Å². The maximum Gasteiger partial charge on any atom is 0.251 e. The van der Waals surface area contributed by atoms with Gasteiger partial charge in [-0.2, -0.15) is 0 Å². The Morgan fingerprint density at radius 1 is 1.11 bits per heavy atom. The molecule has 2 aromatic carbocycles. The molecule has 0 saturated carbocycles. The second-order valence-corrected chi connectivity index (χ2v) is 6.60. The van der Waals surface area contributed by atoms with E-state index < -0.39 is 0 Å². The van der Waals surface area contributed by atoms with Crippen molar-refractivity contribution < 1.29 is 14.3 Å². The van der Waals surface area contributed by atoms with Gasteiger partial charge >= 0.3 is 0 Å². The number of methoxy groups -OCH3 is 1. The first kappa shape index (κ1) is 21.6. The zero-order valence-corrected chi connectivity index (χ0v) is 17.8. The van der Waals surface area contributed by atoms with Crippen molar-refractivity contribution in [2.45, 2.75) is 6.92 Å². The zero-order valence-electron chi connectivity index (χ0n) is 16.2. The predicted octanol–water partition coefficient (Wildman–Crippen LogP) is 3.27. The van der Waals surface area contributed by atoms with Gasteiger partial charge in [-0.05, 0) is 37.3 Å². The van der Waals surface area contributed by atoms with E-state index in [2.05, 4.69) is 36.9 Å². The number of hydrogen-bond acceptors (Lipinski definition) is 4. The lowest BCUT2D eigenvalue weighted by Crippen LogP contribution is -2.37. The Balaban J connectivity index is 1.84. The molecule has 0 radical (unpaired) electrons. The summed E-state index contributed by atoms with van der Waals surface area (Å²) in [6, 6.07) is 12.8. The standard InChI is InChI=1S/C20H25BrN4O3/c1-4-28-17-9-8-16(13-18(17)27-3)25-20(22-2)24-11-10-23-19(26)14-6-5-7-15(21)12-14/h5-9,12-13H,4,10-11H2,1-3H3,(H,23,26)(H2,22,24,25). The van der Waals surface area contributed by atoms with Crippen LogP contribution in [0.1, 0.15) is 17.3 Å². The second kappa shape index (κ2) is 11.2. The first-order valence-electron chi connectivity index (χ1n) is 8.89. The third-order valence-electron chi connectivity index (χ3n) is 3.74. The van der Waals surface area contributed by atoms with E-state index in [1.54, 1.807) is 26.3 Å². The van der Waals surface area contributed by atoms with Crippen LogP contribution >= 0.6 is 15.9 Å². The quantitative estimate of drug-likeness (QED) is 0.327. The van der Waals surface area contributed by atoms with Gasteiger partial charge in [0.25, 0.3) is 5.91 Å². The minimum Gasteiger partial charge on any atom is -0.493 e. The van der Waals surface area contributed by atoms with Crippen LogP contribution in [0, 0.1) is 0 Å². The summed E-state index contributed by atoms with van der Waals surface area (Å²) in [5, 5.41) is 9.21. The highest BCUT2D eigenvalue weighted by Crippen LogP contribution is 2.30. The topological polar surface area (TPSA) is 84.0 Å². The number of aliphatic imine (C=N–C) groups is 1. The first-order valence-corrected chi connectivity index (χ1v) is 9.69. The summed E-state index contributed by atoms with van der Waals surface area (Å²) in [4.78, 5) is 16.3. The van der Waals surface area contributed by atoms with Gasteiger partial charge in [0.1, 0.15) is 0 Å². The van der Waals surface area contributed by atoms with Crippen LogP contribution in [0.25, 0.3) is 0 Å².